The highest BCUT2D eigenvalue weighted by Crippen LogP contribution is 2.31. The minimum Gasteiger partial charge on any atom is -0.382 e. The lowest BCUT2D eigenvalue weighted by Gasteiger charge is -2.45. The van der Waals surface area contributed by atoms with E-state index < -0.39 is 6.29 Å². The summed E-state index contributed by atoms with van der Waals surface area (Å²) < 4.78 is 34.4. The van der Waals surface area contributed by atoms with Crippen molar-refractivity contribution in [2.45, 2.75) is 68.9 Å². The van der Waals surface area contributed by atoms with Crippen LogP contribution in [0.25, 0.3) is 0 Å². The molecule has 0 spiro atoms. The van der Waals surface area contributed by atoms with Crippen molar-refractivity contribution in [1.29, 1.82) is 0 Å². The van der Waals surface area contributed by atoms with E-state index in [2.05, 4.69) is 0 Å². The van der Waals surface area contributed by atoms with Gasteiger partial charge in [0, 0.05) is 28.4 Å². The van der Waals surface area contributed by atoms with Crippen LogP contribution in [0, 0.1) is 0 Å². The van der Waals surface area contributed by atoms with Crippen molar-refractivity contribution in [3.63, 3.8) is 0 Å². The molecule has 0 aromatic rings. The van der Waals surface area contributed by atoms with Crippen LogP contribution in [-0.2, 0) is 28.4 Å². The molecule has 2 aliphatic rings. The molecule has 0 aromatic carbocycles. The van der Waals surface area contributed by atoms with Crippen LogP contribution >= 0.6 is 0 Å². The van der Waals surface area contributed by atoms with Gasteiger partial charge >= 0.3 is 0 Å². The van der Waals surface area contributed by atoms with Gasteiger partial charge in [-0.05, 0) is 12.8 Å². The van der Waals surface area contributed by atoms with E-state index in [4.69, 9.17) is 28.4 Å². The molecule has 1 saturated heterocycles. The van der Waals surface area contributed by atoms with Crippen LogP contribution in [0.15, 0.2) is 0 Å². The van der Waals surface area contributed by atoms with Gasteiger partial charge in [-0.1, -0.05) is 19.3 Å². The predicted molar refractivity (Wildman–Crippen MR) is 80.9 cm³/mol. The summed E-state index contributed by atoms with van der Waals surface area (Å²) in [4.78, 5) is 0. The molecule has 2 fully saturated rings. The van der Waals surface area contributed by atoms with Gasteiger partial charge in [-0.25, -0.2) is 0 Å². The summed E-state index contributed by atoms with van der Waals surface area (Å²) in [5.41, 5.74) is 0. The van der Waals surface area contributed by atoms with Crippen molar-refractivity contribution in [2.75, 3.05) is 35.0 Å². The largest absolute Gasteiger partial charge is 0.382 e. The summed E-state index contributed by atoms with van der Waals surface area (Å²) in [7, 11) is 6.62. The summed E-state index contributed by atoms with van der Waals surface area (Å²) >= 11 is 0. The summed E-state index contributed by atoms with van der Waals surface area (Å²) in [5.74, 6) is 0. The standard InChI is InChI=1S/C16H30O6/c1-17-10-12-13(18-2)14(19-3)15(20-4)16(22-12)21-11-8-6-5-7-9-11/h11-16H,5-10H2,1-4H3/t12-,13-,14+,15+,16-/m1/s1. The second kappa shape index (κ2) is 9.15. The molecule has 0 unspecified atom stereocenters. The van der Waals surface area contributed by atoms with E-state index in [1.54, 1.807) is 28.4 Å². The van der Waals surface area contributed by atoms with Crippen molar-refractivity contribution >= 4 is 0 Å². The maximum atomic E-state index is 6.20. The zero-order chi connectivity index (χ0) is 15.9. The minimum atomic E-state index is -0.454. The highest BCUT2D eigenvalue weighted by Gasteiger charge is 2.48. The van der Waals surface area contributed by atoms with Gasteiger partial charge in [0.1, 0.15) is 24.4 Å². The highest BCUT2D eigenvalue weighted by atomic mass is 16.7. The molecular formula is C16H30O6. The SMILES string of the molecule is COC[C@H]1O[C@@H](OC2CCCCC2)[C@@H](OC)[C@@H](OC)[C@@H]1OC. The average molecular weight is 318 g/mol. The fourth-order valence-electron chi connectivity index (χ4n) is 3.48. The zero-order valence-electron chi connectivity index (χ0n) is 14.2. The first-order chi connectivity index (χ1) is 10.7. The first-order valence-corrected chi connectivity index (χ1v) is 8.13. The Morgan fingerprint density at radius 1 is 0.818 bits per heavy atom. The van der Waals surface area contributed by atoms with Crippen LogP contribution in [0.2, 0.25) is 0 Å². The van der Waals surface area contributed by atoms with Crippen LogP contribution in [0.3, 0.4) is 0 Å². The normalized spacial score (nSPS) is 37.4. The second-order valence-electron chi connectivity index (χ2n) is 6.00. The molecular weight excluding hydrogens is 288 g/mol. The van der Waals surface area contributed by atoms with E-state index in [0.717, 1.165) is 12.8 Å². The smallest absolute Gasteiger partial charge is 0.187 e. The van der Waals surface area contributed by atoms with Crippen LogP contribution in [0.5, 0.6) is 0 Å². The van der Waals surface area contributed by atoms with Crippen LogP contribution in [-0.4, -0.2) is 71.9 Å². The number of ether oxygens (including phenoxy) is 6. The fourth-order valence-corrected chi connectivity index (χ4v) is 3.48. The van der Waals surface area contributed by atoms with Gasteiger partial charge in [-0.15, -0.1) is 0 Å². The van der Waals surface area contributed by atoms with Crippen molar-refractivity contribution in [3.05, 3.63) is 0 Å². The van der Waals surface area contributed by atoms with Gasteiger partial charge in [-0.3, -0.25) is 0 Å². The molecule has 2 rings (SSSR count). The van der Waals surface area contributed by atoms with E-state index in [9.17, 15) is 0 Å². The Bertz CT molecular complexity index is 307. The third-order valence-corrected chi connectivity index (χ3v) is 4.62. The Morgan fingerprint density at radius 3 is 2.00 bits per heavy atom. The fraction of sp³-hybridized carbons (Fsp3) is 1.00. The Balaban J connectivity index is 2.08. The highest BCUT2D eigenvalue weighted by molar-refractivity contribution is 4.92. The van der Waals surface area contributed by atoms with Crippen molar-refractivity contribution in [3.8, 4) is 0 Å². The molecule has 22 heavy (non-hydrogen) atoms. The topological polar surface area (TPSA) is 55.4 Å². The number of methoxy groups -OCH3 is 4. The van der Waals surface area contributed by atoms with Crippen molar-refractivity contribution in [2.24, 2.45) is 0 Å². The predicted octanol–water partition coefficient (Wildman–Crippen LogP) is 1.75. The van der Waals surface area contributed by atoms with Crippen LogP contribution in [0.4, 0.5) is 0 Å². The molecule has 0 bridgehead atoms. The maximum absolute atomic E-state index is 6.20. The molecule has 0 N–H and O–H groups in total. The summed E-state index contributed by atoms with van der Waals surface area (Å²) in [6.45, 7) is 0.430. The number of rotatable bonds is 7. The van der Waals surface area contributed by atoms with E-state index >= 15 is 0 Å². The van der Waals surface area contributed by atoms with Crippen molar-refractivity contribution < 1.29 is 28.4 Å². The molecule has 5 atom stereocenters. The molecule has 1 aliphatic heterocycles. The summed E-state index contributed by atoms with van der Waals surface area (Å²) in [5, 5.41) is 0. The van der Waals surface area contributed by atoms with Gasteiger partial charge in [0.05, 0.1) is 12.7 Å². The Hall–Kier alpha value is -0.240. The second-order valence-corrected chi connectivity index (χ2v) is 6.00. The maximum Gasteiger partial charge on any atom is 0.187 e. The third kappa shape index (κ3) is 4.19. The lowest BCUT2D eigenvalue weighted by molar-refractivity contribution is -0.323. The summed E-state index contributed by atoms with van der Waals surface area (Å²) in [6.07, 6.45) is 4.60. The molecule has 6 nitrogen and oxygen atoms in total. The van der Waals surface area contributed by atoms with E-state index in [1.807, 2.05) is 0 Å². The molecule has 0 radical (unpaired) electrons. The molecule has 1 aliphatic carbocycles. The molecule has 6 heteroatoms. The van der Waals surface area contributed by atoms with E-state index in [0.29, 0.717) is 6.61 Å². The first-order valence-electron chi connectivity index (χ1n) is 8.13. The van der Waals surface area contributed by atoms with Crippen molar-refractivity contribution in [1.82, 2.24) is 0 Å². The molecule has 1 heterocycles. The molecule has 0 aromatic heterocycles. The van der Waals surface area contributed by atoms with Gasteiger partial charge in [0.2, 0.25) is 0 Å². The lowest BCUT2D eigenvalue weighted by Crippen LogP contribution is -2.61. The van der Waals surface area contributed by atoms with E-state index in [-0.39, 0.29) is 30.5 Å². The average Bonchev–Trinajstić information content (AvgIpc) is 2.55. The zero-order valence-corrected chi connectivity index (χ0v) is 14.2. The van der Waals surface area contributed by atoms with Gasteiger partial charge in [0.15, 0.2) is 6.29 Å². The Morgan fingerprint density at radius 2 is 1.45 bits per heavy atom. The monoisotopic (exact) mass is 318 g/mol. The van der Waals surface area contributed by atoms with Gasteiger partial charge < -0.3 is 28.4 Å². The quantitative estimate of drug-likeness (QED) is 0.713. The molecule has 1 saturated carbocycles. The van der Waals surface area contributed by atoms with E-state index in [1.165, 1.54) is 19.3 Å². The molecule has 0 amide bonds. The van der Waals surface area contributed by atoms with Crippen LogP contribution < -0.4 is 0 Å². The first kappa shape index (κ1) is 18.1. The van der Waals surface area contributed by atoms with Crippen LogP contribution in [0.1, 0.15) is 32.1 Å². The Kier molecular flexibility index (Phi) is 7.53. The number of hydrogen-bond acceptors (Lipinski definition) is 6. The van der Waals surface area contributed by atoms with Gasteiger partial charge in [0.25, 0.3) is 0 Å². The summed E-state index contributed by atoms with van der Waals surface area (Å²) in [6, 6.07) is 0. The minimum absolute atomic E-state index is 0.233. The van der Waals surface area contributed by atoms with Gasteiger partial charge in [-0.2, -0.15) is 0 Å². The molecule has 130 valence electrons. The third-order valence-electron chi connectivity index (χ3n) is 4.62. The number of hydrogen-bond donors (Lipinski definition) is 0. The Labute approximate surface area is 133 Å². The lowest BCUT2D eigenvalue weighted by atomic mass is 9.96.